The SMILES string of the molecule is CCOCCc1nc(=S)cc(C)[nH]1. The standard InChI is InChI=1S/C9H14N2OS/c1-3-12-5-4-8-10-7(2)6-9(13)11-8/h6H,3-5H2,1-2H3,(H,10,11,13). The zero-order chi connectivity index (χ0) is 9.68. The maximum absolute atomic E-state index is 5.22. The van der Waals surface area contributed by atoms with E-state index < -0.39 is 0 Å². The van der Waals surface area contributed by atoms with E-state index in [2.05, 4.69) is 9.97 Å². The Kier molecular flexibility index (Phi) is 4.05. The van der Waals surface area contributed by atoms with Crippen LogP contribution in [0.15, 0.2) is 6.07 Å². The largest absolute Gasteiger partial charge is 0.381 e. The molecule has 1 rings (SSSR count). The number of H-pyrrole nitrogens is 1. The molecular weight excluding hydrogens is 184 g/mol. The molecular formula is C9H14N2OS. The van der Waals surface area contributed by atoms with Crippen molar-refractivity contribution in [2.75, 3.05) is 13.2 Å². The van der Waals surface area contributed by atoms with Crippen LogP contribution in [0.1, 0.15) is 18.4 Å². The number of hydrogen-bond acceptors (Lipinski definition) is 3. The summed E-state index contributed by atoms with van der Waals surface area (Å²) in [6.07, 6.45) is 0.791. The molecule has 0 aliphatic heterocycles. The number of aromatic amines is 1. The number of nitrogens with zero attached hydrogens (tertiary/aromatic N) is 1. The lowest BCUT2D eigenvalue weighted by atomic mass is 10.4. The first kappa shape index (κ1) is 10.3. The third-order valence-corrected chi connectivity index (χ3v) is 1.82. The van der Waals surface area contributed by atoms with Gasteiger partial charge in [-0.1, -0.05) is 12.2 Å². The molecule has 1 heterocycles. The van der Waals surface area contributed by atoms with Gasteiger partial charge in [0.05, 0.1) is 6.61 Å². The second kappa shape index (κ2) is 5.09. The van der Waals surface area contributed by atoms with Crippen molar-refractivity contribution in [3.05, 3.63) is 22.2 Å². The van der Waals surface area contributed by atoms with Crippen LogP contribution in [0.2, 0.25) is 0 Å². The van der Waals surface area contributed by atoms with E-state index in [-0.39, 0.29) is 0 Å². The van der Waals surface area contributed by atoms with Crippen LogP contribution in [0, 0.1) is 11.6 Å². The highest BCUT2D eigenvalue weighted by atomic mass is 32.1. The molecule has 3 nitrogen and oxygen atoms in total. The first-order chi connectivity index (χ1) is 6.22. The van der Waals surface area contributed by atoms with Crippen molar-refractivity contribution in [2.24, 2.45) is 0 Å². The molecule has 0 spiro atoms. The highest BCUT2D eigenvalue weighted by Crippen LogP contribution is 1.97. The Morgan fingerprint density at radius 1 is 1.62 bits per heavy atom. The minimum atomic E-state index is 0.641. The Morgan fingerprint density at radius 2 is 2.38 bits per heavy atom. The zero-order valence-electron chi connectivity index (χ0n) is 7.96. The third kappa shape index (κ3) is 3.65. The van der Waals surface area contributed by atoms with E-state index >= 15 is 0 Å². The van der Waals surface area contributed by atoms with Crippen LogP contribution in [-0.4, -0.2) is 23.2 Å². The molecule has 0 aromatic carbocycles. The Hall–Kier alpha value is -0.740. The molecule has 0 aliphatic carbocycles. The summed E-state index contributed by atoms with van der Waals surface area (Å²) in [5, 5.41) is 0. The fourth-order valence-corrected chi connectivity index (χ4v) is 1.36. The average Bonchev–Trinajstić information content (AvgIpc) is 2.03. The second-order valence-electron chi connectivity index (χ2n) is 2.80. The lowest BCUT2D eigenvalue weighted by Crippen LogP contribution is -2.03. The van der Waals surface area contributed by atoms with Gasteiger partial charge in [-0.15, -0.1) is 0 Å². The molecule has 0 atom stereocenters. The van der Waals surface area contributed by atoms with E-state index in [0.29, 0.717) is 11.2 Å². The van der Waals surface area contributed by atoms with Gasteiger partial charge in [-0.25, -0.2) is 4.98 Å². The molecule has 0 saturated heterocycles. The molecule has 1 N–H and O–H groups in total. The van der Waals surface area contributed by atoms with Gasteiger partial charge in [-0.3, -0.25) is 0 Å². The molecule has 0 unspecified atom stereocenters. The summed E-state index contributed by atoms with van der Waals surface area (Å²) in [7, 11) is 0. The Bertz CT molecular complexity index is 322. The summed E-state index contributed by atoms with van der Waals surface area (Å²) < 4.78 is 5.86. The quantitative estimate of drug-likeness (QED) is 0.594. The van der Waals surface area contributed by atoms with Crippen LogP contribution in [0.25, 0.3) is 0 Å². The van der Waals surface area contributed by atoms with Gasteiger partial charge in [0.1, 0.15) is 10.5 Å². The molecule has 0 amide bonds. The van der Waals surface area contributed by atoms with Gasteiger partial charge in [0.15, 0.2) is 0 Å². The molecule has 0 radical (unpaired) electrons. The maximum Gasteiger partial charge on any atom is 0.129 e. The highest BCUT2D eigenvalue weighted by Gasteiger charge is 1.95. The molecule has 72 valence electrons. The fourth-order valence-electron chi connectivity index (χ4n) is 1.07. The molecule has 0 aliphatic rings. The van der Waals surface area contributed by atoms with Crippen LogP contribution in [0.5, 0.6) is 0 Å². The molecule has 4 heteroatoms. The molecule has 1 aromatic rings. The minimum Gasteiger partial charge on any atom is -0.381 e. The van der Waals surface area contributed by atoms with Gasteiger partial charge in [0.25, 0.3) is 0 Å². The maximum atomic E-state index is 5.22. The van der Waals surface area contributed by atoms with E-state index in [1.165, 1.54) is 0 Å². The smallest absolute Gasteiger partial charge is 0.129 e. The van der Waals surface area contributed by atoms with Gasteiger partial charge >= 0.3 is 0 Å². The normalized spacial score (nSPS) is 10.3. The van der Waals surface area contributed by atoms with Gasteiger partial charge < -0.3 is 9.72 Å². The predicted octanol–water partition coefficient (Wildman–Crippen LogP) is 2.03. The molecule has 0 saturated carbocycles. The lowest BCUT2D eigenvalue weighted by Gasteiger charge is -2.02. The summed E-state index contributed by atoms with van der Waals surface area (Å²) in [6.45, 7) is 5.39. The number of ether oxygens (including phenoxy) is 1. The van der Waals surface area contributed by atoms with Crippen molar-refractivity contribution in [3.8, 4) is 0 Å². The Labute approximate surface area is 83.2 Å². The summed E-state index contributed by atoms with van der Waals surface area (Å²) >= 11 is 4.99. The van der Waals surface area contributed by atoms with Gasteiger partial charge in [-0.2, -0.15) is 0 Å². The van der Waals surface area contributed by atoms with Crippen LogP contribution in [-0.2, 0) is 11.2 Å². The summed E-state index contributed by atoms with van der Waals surface area (Å²) in [6, 6.07) is 1.85. The predicted molar refractivity (Wildman–Crippen MR) is 54.4 cm³/mol. The van der Waals surface area contributed by atoms with Crippen molar-refractivity contribution >= 4 is 12.2 Å². The van der Waals surface area contributed by atoms with E-state index in [0.717, 1.165) is 24.5 Å². The number of nitrogens with one attached hydrogen (secondary N) is 1. The first-order valence-electron chi connectivity index (χ1n) is 4.37. The van der Waals surface area contributed by atoms with Crippen LogP contribution >= 0.6 is 12.2 Å². The molecule has 1 aromatic heterocycles. The summed E-state index contributed by atoms with van der Waals surface area (Å²) in [5.74, 6) is 0.901. The molecule has 13 heavy (non-hydrogen) atoms. The average molecular weight is 198 g/mol. The van der Waals surface area contributed by atoms with Crippen molar-refractivity contribution < 1.29 is 4.74 Å². The van der Waals surface area contributed by atoms with E-state index in [4.69, 9.17) is 17.0 Å². The van der Waals surface area contributed by atoms with Crippen LogP contribution in [0.4, 0.5) is 0 Å². The Balaban J connectivity index is 2.61. The topological polar surface area (TPSA) is 37.9 Å². The second-order valence-corrected chi connectivity index (χ2v) is 3.21. The fraction of sp³-hybridized carbons (Fsp3) is 0.556. The van der Waals surface area contributed by atoms with Crippen molar-refractivity contribution in [1.29, 1.82) is 0 Å². The van der Waals surface area contributed by atoms with Crippen molar-refractivity contribution in [2.45, 2.75) is 20.3 Å². The lowest BCUT2D eigenvalue weighted by molar-refractivity contribution is 0.149. The van der Waals surface area contributed by atoms with E-state index in [1.54, 1.807) is 0 Å². The Morgan fingerprint density at radius 3 is 3.00 bits per heavy atom. The van der Waals surface area contributed by atoms with Gasteiger partial charge in [0.2, 0.25) is 0 Å². The number of aromatic nitrogens is 2. The van der Waals surface area contributed by atoms with Crippen molar-refractivity contribution in [3.63, 3.8) is 0 Å². The highest BCUT2D eigenvalue weighted by molar-refractivity contribution is 7.71. The van der Waals surface area contributed by atoms with Gasteiger partial charge in [0, 0.05) is 18.7 Å². The number of aryl methyl sites for hydroxylation is 1. The van der Waals surface area contributed by atoms with Crippen molar-refractivity contribution in [1.82, 2.24) is 9.97 Å². The summed E-state index contributed by atoms with van der Waals surface area (Å²) in [5.41, 5.74) is 1.05. The zero-order valence-corrected chi connectivity index (χ0v) is 8.78. The molecule has 0 bridgehead atoms. The van der Waals surface area contributed by atoms with Gasteiger partial charge in [-0.05, 0) is 19.9 Å². The summed E-state index contributed by atoms with van der Waals surface area (Å²) in [4.78, 5) is 7.33. The van der Waals surface area contributed by atoms with Crippen LogP contribution in [0.3, 0.4) is 0 Å². The van der Waals surface area contributed by atoms with Crippen LogP contribution < -0.4 is 0 Å². The third-order valence-electron chi connectivity index (χ3n) is 1.61. The van der Waals surface area contributed by atoms with E-state index in [1.807, 2.05) is 19.9 Å². The molecule has 0 fully saturated rings. The number of rotatable bonds is 4. The van der Waals surface area contributed by atoms with E-state index in [9.17, 15) is 0 Å². The number of hydrogen-bond donors (Lipinski definition) is 1. The first-order valence-corrected chi connectivity index (χ1v) is 4.77. The monoisotopic (exact) mass is 198 g/mol. The minimum absolute atomic E-state index is 0.641.